The van der Waals surface area contributed by atoms with Gasteiger partial charge in [-0.25, -0.2) is 13.1 Å². The molecule has 1 aromatic heterocycles. The molecule has 1 aromatic carbocycles. The number of benzene rings is 1. The number of likely N-dealkylation sites (N-methyl/N-ethyl adjacent to an activating group) is 1. The molecule has 1 aliphatic heterocycles. The van der Waals surface area contributed by atoms with E-state index in [-0.39, 0.29) is 17.5 Å². The van der Waals surface area contributed by atoms with Crippen molar-refractivity contribution in [3.63, 3.8) is 0 Å². The third-order valence-electron chi connectivity index (χ3n) is 3.88. The lowest BCUT2D eigenvalue weighted by molar-refractivity contribution is -0.891. The average Bonchev–Trinajstić information content (AvgIpc) is 3.08. The molecule has 0 bridgehead atoms. The van der Waals surface area contributed by atoms with E-state index in [0.717, 1.165) is 10.7 Å². The van der Waals surface area contributed by atoms with Gasteiger partial charge in [-0.05, 0) is 24.3 Å². The molecule has 7 nitrogen and oxygen atoms in total. The molecule has 2 heterocycles. The molecule has 0 aliphatic carbocycles. The van der Waals surface area contributed by atoms with Gasteiger partial charge < -0.3 is 18.8 Å². The zero-order valence-corrected chi connectivity index (χ0v) is 14.4. The number of hydrogen-bond donors (Lipinski definition) is 2. The van der Waals surface area contributed by atoms with Gasteiger partial charge in [0, 0.05) is 6.07 Å². The van der Waals surface area contributed by atoms with E-state index < -0.39 is 10.0 Å². The summed E-state index contributed by atoms with van der Waals surface area (Å²) in [6.45, 7) is 1.11. The summed E-state index contributed by atoms with van der Waals surface area (Å²) in [6.07, 6.45) is 1.58. The zero-order chi connectivity index (χ0) is 17.2. The Balaban J connectivity index is 1.76. The fourth-order valence-electron chi connectivity index (χ4n) is 2.55. The van der Waals surface area contributed by atoms with Crippen molar-refractivity contribution in [2.75, 3.05) is 33.9 Å². The Hall–Kier alpha value is -2.03. The van der Waals surface area contributed by atoms with Crippen molar-refractivity contribution in [1.82, 2.24) is 4.72 Å². The van der Waals surface area contributed by atoms with Gasteiger partial charge >= 0.3 is 0 Å². The second-order valence-electron chi connectivity index (χ2n) is 5.80. The molecule has 0 saturated carbocycles. The van der Waals surface area contributed by atoms with Crippen LogP contribution >= 0.6 is 0 Å². The minimum Gasteiger partial charge on any atom is -0.486 e. The molecule has 1 aliphatic rings. The van der Waals surface area contributed by atoms with Crippen LogP contribution in [0.1, 0.15) is 11.8 Å². The van der Waals surface area contributed by atoms with Crippen LogP contribution in [0.4, 0.5) is 0 Å². The van der Waals surface area contributed by atoms with Crippen molar-refractivity contribution in [2.45, 2.75) is 10.9 Å². The van der Waals surface area contributed by atoms with E-state index in [2.05, 4.69) is 4.72 Å². The van der Waals surface area contributed by atoms with Crippen LogP contribution < -0.4 is 19.1 Å². The van der Waals surface area contributed by atoms with Crippen LogP contribution in [0.15, 0.2) is 45.9 Å². The molecule has 8 heteroatoms. The highest BCUT2D eigenvalue weighted by Gasteiger charge is 2.25. The summed E-state index contributed by atoms with van der Waals surface area (Å²) in [5.74, 6) is 1.75. The smallest absolute Gasteiger partial charge is 0.240 e. The maximum Gasteiger partial charge on any atom is 0.240 e. The summed E-state index contributed by atoms with van der Waals surface area (Å²) in [5.41, 5.74) is 0. The summed E-state index contributed by atoms with van der Waals surface area (Å²) in [4.78, 5) is 1.22. The fourth-order valence-corrected chi connectivity index (χ4v) is 3.61. The highest BCUT2D eigenvalue weighted by atomic mass is 32.2. The number of sulfonamides is 1. The topological polar surface area (TPSA) is 82.2 Å². The number of ether oxygens (including phenoxy) is 2. The quantitative estimate of drug-likeness (QED) is 0.776. The number of nitrogens with one attached hydrogen (secondary N) is 2. The highest BCUT2D eigenvalue weighted by Crippen LogP contribution is 2.32. The molecular weight excluding hydrogens is 332 g/mol. The fraction of sp³-hybridized carbons (Fsp3) is 0.375. The number of rotatable bonds is 6. The van der Waals surface area contributed by atoms with Gasteiger partial charge in [-0.1, -0.05) is 0 Å². The number of hydrogen-bond acceptors (Lipinski definition) is 5. The Labute approximate surface area is 141 Å². The predicted octanol–water partition coefficient (Wildman–Crippen LogP) is 0.215. The van der Waals surface area contributed by atoms with Crippen LogP contribution in [0.5, 0.6) is 11.5 Å². The first-order valence-corrected chi connectivity index (χ1v) is 9.18. The summed E-state index contributed by atoms with van der Waals surface area (Å²) in [6, 6.07) is 8.13. The van der Waals surface area contributed by atoms with E-state index >= 15 is 0 Å². The molecular formula is C16H21N2O5S+. The molecule has 24 heavy (non-hydrogen) atoms. The van der Waals surface area contributed by atoms with Gasteiger partial charge in [0.2, 0.25) is 10.0 Å². The van der Waals surface area contributed by atoms with Gasteiger partial charge in [0.1, 0.15) is 13.2 Å². The first-order valence-electron chi connectivity index (χ1n) is 7.70. The summed E-state index contributed by atoms with van der Waals surface area (Å²) < 4.78 is 44.1. The maximum absolute atomic E-state index is 12.6. The number of fused-ring (bicyclic) bond motifs is 1. The van der Waals surface area contributed by atoms with Crippen molar-refractivity contribution >= 4 is 10.0 Å². The normalized spacial score (nSPS) is 15.5. The van der Waals surface area contributed by atoms with E-state index in [0.29, 0.717) is 24.7 Å². The van der Waals surface area contributed by atoms with E-state index in [9.17, 15) is 8.42 Å². The first-order chi connectivity index (χ1) is 11.5. The minimum absolute atomic E-state index is 0.119. The van der Waals surface area contributed by atoms with Crippen molar-refractivity contribution in [3.05, 3.63) is 42.4 Å². The van der Waals surface area contributed by atoms with Crippen LogP contribution in [0, 0.1) is 0 Å². The molecule has 2 N–H and O–H groups in total. The molecule has 0 spiro atoms. The van der Waals surface area contributed by atoms with E-state index in [1.165, 1.54) is 12.1 Å². The van der Waals surface area contributed by atoms with Gasteiger partial charge in [0.05, 0.1) is 31.8 Å². The van der Waals surface area contributed by atoms with Crippen LogP contribution in [0.25, 0.3) is 0 Å². The third-order valence-corrected chi connectivity index (χ3v) is 5.31. The molecule has 0 unspecified atom stereocenters. The lowest BCUT2D eigenvalue weighted by Gasteiger charge is -2.21. The van der Waals surface area contributed by atoms with Gasteiger partial charge in [0.15, 0.2) is 23.3 Å². The van der Waals surface area contributed by atoms with Crippen LogP contribution in [-0.2, 0) is 10.0 Å². The number of furan rings is 1. The monoisotopic (exact) mass is 353 g/mol. The first kappa shape index (κ1) is 16.8. The van der Waals surface area contributed by atoms with Crippen molar-refractivity contribution in [1.29, 1.82) is 0 Å². The molecule has 3 rings (SSSR count). The van der Waals surface area contributed by atoms with Crippen molar-refractivity contribution in [3.8, 4) is 11.5 Å². The predicted molar refractivity (Wildman–Crippen MR) is 86.9 cm³/mol. The zero-order valence-electron chi connectivity index (χ0n) is 13.6. The molecule has 1 atom stereocenters. The van der Waals surface area contributed by atoms with Gasteiger partial charge in [0.25, 0.3) is 0 Å². The van der Waals surface area contributed by atoms with Gasteiger partial charge in [-0.3, -0.25) is 0 Å². The Morgan fingerprint density at radius 1 is 1.17 bits per heavy atom. The average molecular weight is 353 g/mol. The molecule has 0 amide bonds. The van der Waals surface area contributed by atoms with Crippen LogP contribution in [0.2, 0.25) is 0 Å². The standard InChI is InChI=1S/C16H20N2O5S/c1-18(2)13(14-4-3-7-21-14)11-17-24(19,20)12-5-6-15-16(10-12)23-9-8-22-15/h3-7,10,13,17H,8-9,11H2,1-2H3/p+1/t13-/m1/s1. The third kappa shape index (κ3) is 3.55. The second kappa shape index (κ2) is 6.84. The van der Waals surface area contributed by atoms with Crippen molar-refractivity contribution < 1.29 is 27.2 Å². The van der Waals surface area contributed by atoms with E-state index in [1.807, 2.05) is 20.2 Å². The lowest BCUT2D eigenvalue weighted by atomic mass is 10.2. The number of quaternary nitrogens is 1. The lowest BCUT2D eigenvalue weighted by Crippen LogP contribution is -3.07. The molecule has 130 valence electrons. The molecule has 0 radical (unpaired) electrons. The Kier molecular flexibility index (Phi) is 4.79. The van der Waals surface area contributed by atoms with Crippen molar-refractivity contribution in [2.24, 2.45) is 0 Å². The Bertz CT molecular complexity index is 787. The summed E-state index contributed by atoms with van der Waals surface area (Å²) in [7, 11) is 0.246. The SMILES string of the molecule is C[NH+](C)[C@H](CNS(=O)(=O)c1ccc2c(c1)OCCO2)c1ccco1. The maximum atomic E-state index is 12.6. The largest absolute Gasteiger partial charge is 0.486 e. The second-order valence-corrected chi connectivity index (χ2v) is 7.57. The van der Waals surface area contributed by atoms with Gasteiger partial charge in [-0.15, -0.1) is 0 Å². The Morgan fingerprint density at radius 2 is 1.92 bits per heavy atom. The molecule has 0 saturated heterocycles. The van der Waals surface area contributed by atoms with E-state index in [4.69, 9.17) is 13.9 Å². The molecule has 0 fully saturated rings. The Morgan fingerprint density at radius 3 is 2.58 bits per heavy atom. The minimum atomic E-state index is -3.65. The molecule has 2 aromatic rings. The summed E-state index contributed by atoms with van der Waals surface area (Å²) in [5, 5.41) is 0. The van der Waals surface area contributed by atoms with Crippen LogP contribution in [0.3, 0.4) is 0 Å². The van der Waals surface area contributed by atoms with Gasteiger partial charge in [-0.2, -0.15) is 0 Å². The highest BCUT2D eigenvalue weighted by molar-refractivity contribution is 7.89. The van der Waals surface area contributed by atoms with Crippen LogP contribution in [-0.4, -0.2) is 42.3 Å². The van der Waals surface area contributed by atoms with E-state index in [1.54, 1.807) is 18.4 Å². The summed E-state index contributed by atoms with van der Waals surface area (Å²) >= 11 is 0.